The molecule has 1 atom stereocenters. The molecule has 1 aromatic rings. The number of pyridine rings is 1. The van der Waals surface area contributed by atoms with E-state index in [1.54, 1.807) is 12.4 Å². The van der Waals surface area contributed by atoms with E-state index in [9.17, 15) is 9.90 Å². The van der Waals surface area contributed by atoms with Crippen LogP contribution in [0, 0.1) is 5.92 Å². The van der Waals surface area contributed by atoms with Gasteiger partial charge in [0.1, 0.15) is 5.54 Å². The minimum atomic E-state index is -1.08. The van der Waals surface area contributed by atoms with E-state index in [1.165, 1.54) is 11.8 Å². The van der Waals surface area contributed by atoms with Gasteiger partial charge in [0.25, 0.3) is 0 Å². The molecule has 16 heavy (non-hydrogen) atoms. The minimum absolute atomic E-state index is 0.138. The fourth-order valence-electron chi connectivity index (χ4n) is 1.59. The molecule has 0 spiro atoms. The first-order chi connectivity index (χ1) is 7.63. The Morgan fingerprint density at radius 1 is 1.56 bits per heavy atom. The smallest absolute Gasteiger partial charge is 0.324 e. The molecule has 1 heterocycles. The highest BCUT2D eigenvalue weighted by atomic mass is 32.2. The van der Waals surface area contributed by atoms with Gasteiger partial charge in [-0.15, -0.1) is 11.8 Å². The van der Waals surface area contributed by atoms with Crippen LogP contribution in [0.1, 0.15) is 12.8 Å². The number of hydrogen-bond donors (Lipinski definition) is 2. The highest BCUT2D eigenvalue weighted by Crippen LogP contribution is 2.41. The van der Waals surface area contributed by atoms with E-state index in [0.29, 0.717) is 5.75 Å². The van der Waals surface area contributed by atoms with Crippen LogP contribution < -0.4 is 5.73 Å². The Balaban J connectivity index is 2.00. The van der Waals surface area contributed by atoms with Gasteiger partial charge in [-0.3, -0.25) is 9.78 Å². The molecule has 86 valence electrons. The van der Waals surface area contributed by atoms with E-state index in [0.717, 1.165) is 17.7 Å². The summed E-state index contributed by atoms with van der Waals surface area (Å²) in [5, 5.41) is 9.17. The van der Waals surface area contributed by atoms with Gasteiger partial charge in [0, 0.05) is 23.0 Å². The molecule has 0 amide bonds. The largest absolute Gasteiger partial charge is 0.480 e. The van der Waals surface area contributed by atoms with E-state index < -0.39 is 11.5 Å². The molecule has 0 bridgehead atoms. The molecular weight excluding hydrogens is 224 g/mol. The van der Waals surface area contributed by atoms with Crippen molar-refractivity contribution in [2.24, 2.45) is 11.7 Å². The number of aromatic nitrogens is 1. The van der Waals surface area contributed by atoms with Gasteiger partial charge in [-0.25, -0.2) is 0 Å². The van der Waals surface area contributed by atoms with Gasteiger partial charge in [-0.05, 0) is 30.9 Å². The third-order valence-corrected chi connectivity index (χ3v) is 4.06. The van der Waals surface area contributed by atoms with Crippen LogP contribution in [0.4, 0.5) is 0 Å². The first-order valence-electron chi connectivity index (χ1n) is 5.18. The number of carboxylic acid groups (broad SMARTS) is 1. The second-order valence-corrected chi connectivity index (χ2v) is 5.14. The van der Waals surface area contributed by atoms with E-state index in [1.807, 2.05) is 12.1 Å². The number of thioether (sulfide) groups is 1. The Kier molecular flexibility index (Phi) is 3.16. The van der Waals surface area contributed by atoms with Crippen LogP contribution in [0.25, 0.3) is 0 Å². The average molecular weight is 238 g/mol. The number of rotatable bonds is 5. The number of carboxylic acids is 1. The van der Waals surface area contributed by atoms with Crippen molar-refractivity contribution in [1.82, 2.24) is 4.98 Å². The van der Waals surface area contributed by atoms with E-state index in [4.69, 9.17) is 5.73 Å². The Bertz CT molecular complexity index is 381. The van der Waals surface area contributed by atoms with E-state index in [2.05, 4.69) is 4.98 Å². The van der Waals surface area contributed by atoms with Crippen molar-refractivity contribution in [3.05, 3.63) is 24.5 Å². The molecule has 0 aliphatic heterocycles. The summed E-state index contributed by atoms with van der Waals surface area (Å²) in [6.07, 6.45) is 5.25. The van der Waals surface area contributed by atoms with Gasteiger partial charge in [0.2, 0.25) is 0 Å². The zero-order chi connectivity index (χ0) is 11.6. The molecule has 3 N–H and O–H groups in total. The van der Waals surface area contributed by atoms with E-state index in [-0.39, 0.29) is 5.92 Å². The molecule has 1 saturated carbocycles. The highest BCUT2D eigenvalue weighted by molar-refractivity contribution is 7.99. The van der Waals surface area contributed by atoms with Crippen molar-refractivity contribution >= 4 is 17.7 Å². The van der Waals surface area contributed by atoms with Crippen LogP contribution >= 0.6 is 11.8 Å². The maximum atomic E-state index is 11.2. The van der Waals surface area contributed by atoms with Gasteiger partial charge in [0.15, 0.2) is 0 Å². The SMILES string of the molecule is NC(CSc1ccncc1)(C(=O)O)C1CC1. The van der Waals surface area contributed by atoms with Crippen molar-refractivity contribution in [3.63, 3.8) is 0 Å². The quantitative estimate of drug-likeness (QED) is 0.758. The van der Waals surface area contributed by atoms with Crippen molar-refractivity contribution in [3.8, 4) is 0 Å². The maximum Gasteiger partial charge on any atom is 0.324 e. The van der Waals surface area contributed by atoms with Crippen LogP contribution in [-0.2, 0) is 4.79 Å². The Hall–Kier alpha value is -1.07. The summed E-state index contributed by atoms with van der Waals surface area (Å²) in [6, 6.07) is 3.72. The zero-order valence-electron chi connectivity index (χ0n) is 8.80. The summed E-state index contributed by atoms with van der Waals surface area (Å²) in [4.78, 5) is 16.1. The molecule has 0 aromatic carbocycles. The second-order valence-electron chi connectivity index (χ2n) is 4.09. The third kappa shape index (κ3) is 2.36. The molecule has 5 heteroatoms. The molecular formula is C11H14N2O2S. The van der Waals surface area contributed by atoms with Crippen molar-refractivity contribution in [2.45, 2.75) is 23.3 Å². The lowest BCUT2D eigenvalue weighted by atomic mass is 9.98. The number of carbonyl (C=O) groups is 1. The van der Waals surface area contributed by atoms with Crippen LogP contribution in [0.2, 0.25) is 0 Å². The van der Waals surface area contributed by atoms with Gasteiger partial charge in [-0.2, -0.15) is 0 Å². The molecule has 0 saturated heterocycles. The Labute approximate surface area is 98.3 Å². The van der Waals surface area contributed by atoms with Crippen molar-refractivity contribution in [2.75, 3.05) is 5.75 Å². The summed E-state index contributed by atoms with van der Waals surface area (Å²) >= 11 is 1.48. The fraction of sp³-hybridized carbons (Fsp3) is 0.455. The number of nitrogens with zero attached hydrogens (tertiary/aromatic N) is 1. The molecule has 1 aromatic heterocycles. The first kappa shape index (κ1) is 11.4. The summed E-state index contributed by atoms with van der Waals surface area (Å²) < 4.78 is 0. The molecule has 1 unspecified atom stereocenters. The van der Waals surface area contributed by atoms with Gasteiger partial charge < -0.3 is 10.8 Å². The highest BCUT2D eigenvalue weighted by Gasteiger charge is 2.48. The first-order valence-corrected chi connectivity index (χ1v) is 6.16. The molecule has 1 aliphatic rings. The minimum Gasteiger partial charge on any atom is -0.480 e. The Morgan fingerprint density at radius 2 is 2.19 bits per heavy atom. The maximum absolute atomic E-state index is 11.2. The molecule has 1 fully saturated rings. The second kappa shape index (κ2) is 4.43. The molecule has 2 rings (SSSR count). The summed E-state index contributed by atoms with van der Waals surface area (Å²) in [6.45, 7) is 0. The lowest BCUT2D eigenvalue weighted by Crippen LogP contribution is -2.52. The zero-order valence-corrected chi connectivity index (χ0v) is 9.61. The van der Waals surface area contributed by atoms with Gasteiger partial charge >= 0.3 is 5.97 Å². The predicted octanol–water partition coefficient (Wildman–Crippen LogP) is 1.37. The van der Waals surface area contributed by atoms with Gasteiger partial charge in [0.05, 0.1) is 0 Å². The molecule has 1 aliphatic carbocycles. The number of nitrogens with two attached hydrogens (primary N) is 1. The predicted molar refractivity (Wildman–Crippen MR) is 62.2 cm³/mol. The summed E-state index contributed by atoms with van der Waals surface area (Å²) in [5.74, 6) is -0.340. The van der Waals surface area contributed by atoms with Crippen LogP contribution in [0.15, 0.2) is 29.4 Å². The summed E-state index contributed by atoms with van der Waals surface area (Å²) in [7, 11) is 0. The standard InChI is InChI=1S/C11H14N2O2S/c12-11(10(14)15,8-1-2-8)7-16-9-3-5-13-6-4-9/h3-6,8H,1-2,7,12H2,(H,14,15). The number of aliphatic carboxylic acids is 1. The van der Waals surface area contributed by atoms with Crippen LogP contribution in [0.3, 0.4) is 0 Å². The Morgan fingerprint density at radius 3 is 2.69 bits per heavy atom. The van der Waals surface area contributed by atoms with Crippen LogP contribution in [0.5, 0.6) is 0 Å². The van der Waals surface area contributed by atoms with Crippen molar-refractivity contribution in [1.29, 1.82) is 0 Å². The normalized spacial score (nSPS) is 19.1. The monoisotopic (exact) mass is 238 g/mol. The molecule has 4 nitrogen and oxygen atoms in total. The third-order valence-electron chi connectivity index (χ3n) is 2.83. The van der Waals surface area contributed by atoms with Gasteiger partial charge in [-0.1, -0.05) is 0 Å². The topological polar surface area (TPSA) is 76.2 Å². The average Bonchev–Trinajstić information content (AvgIpc) is 3.11. The number of hydrogen-bond acceptors (Lipinski definition) is 4. The van der Waals surface area contributed by atoms with E-state index >= 15 is 0 Å². The van der Waals surface area contributed by atoms with Crippen molar-refractivity contribution < 1.29 is 9.90 Å². The van der Waals surface area contributed by atoms with Crippen LogP contribution in [-0.4, -0.2) is 27.4 Å². The lowest BCUT2D eigenvalue weighted by Gasteiger charge is -2.23. The molecule has 0 radical (unpaired) electrons. The summed E-state index contributed by atoms with van der Waals surface area (Å²) in [5.41, 5.74) is 4.88. The lowest BCUT2D eigenvalue weighted by molar-refractivity contribution is -0.143. The fourth-order valence-corrected chi connectivity index (χ4v) is 2.67.